The predicted octanol–water partition coefficient (Wildman–Crippen LogP) is 3.96. The van der Waals surface area contributed by atoms with E-state index in [4.69, 9.17) is 5.11 Å². The van der Waals surface area contributed by atoms with Crippen LogP contribution >= 0.6 is 0 Å². The van der Waals surface area contributed by atoms with E-state index in [1.807, 2.05) is 6.92 Å². The first-order chi connectivity index (χ1) is 9.22. The third-order valence-corrected chi connectivity index (χ3v) is 3.96. The van der Waals surface area contributed by atoms with Crippen molar-refractivity contribution in [3.63, 3.8) is 0 Å². The van der Waals surface area contributed by atoms with E-state index in [1.54, 1.807) is 0 Å². The van der Waals surface area contributed by atoms with Crippen molar-refractivity contribution in [1.82, 2.24) is 5.32 Å². The van der Waals surface area contributed by atoms with Crippen molar-refractivity contribution < 1.29 is 5.11 Å². The van der Waals surface area contributed by atoms with Crippen molar-refractivity contribution in [2.45, 2.75) is 71.3 Å². The van der Waals surface area contributed by atoms with Crippen LogP contribution in [0.5, 0.6) is 0 Å². The first kappa shape index (κ1) is 16.5. The highest BCUT2D eigenvalue weighted by Gasteiger charge is 2.11. The van der Waals surface area contributed by atoms with Crippen LogP contribution in [-0.2, 0) is 0 Å². The number of nitrogens with one attached hydrogen (secondary N) is 1. The summed E-state index contributed by atoms with van der Waals surface area (Å²) in [4.78, 5) is 0. The molecule has 2 nitrogen and oxygen atoms in total. The van der Waals surface area contributed by atoms with Gasteiger partial charge in [-0.15, -0.1) is 0 Å². The number of aliphatic hydroxyl groups excluding tert-OH is 1. The Morgan fingerprint density at radius 1 is 1.05 bits per heavy atom. The summed E-state index contributed by atoms with van der Waals surface area (Å²) in [5.41, 5.74) is 2.54. The Morgan fingerprint density at radius 2 is 1.74 bits per heavy atom. The van der Waals surface area contributed by atoms with E-state index in [-0.39, 0.29) is 6.61 Å². The molecule has 0 spiro atoms. The van der Waals surface area contributed by atoms with E-state index in [1.165, 1.54) is 37.7 Å². The minimum absolute atomic E-state index is 0.189. The van der Waals surface area contributed by atoms with Gasteiger partial charge >= 0.3 is 0 Å². The van der Waals surface area contributed by atoms with Crippen LogP contribution in [0, 0.1) is 0 Å². The molecule has 0 aliphatic heterocycles. The molecule has 0 radical (unpaired) electrons. The van der Waals surface area contributed by atoms with E-state index in [2.05, 4.69) is 24.4 Å². The zero-order valence-corrected chi connectivity index (χ0v) is 12.8. The van der Waals surface area contributed by atoms with Gasteiger partial charge in [0, 0.05) is 6.04 Å². The lowest BCUT2D eigenvalue weighted by Crippen LogP contribution is -2.31. The highest BCUT2D eigenvalue weighted by molar-refractivity contribution is 5.03. The van der Waals surface area contributed by atoms with Crippen molar-refractivity contribution in [2.24, 2.45) is 0 Å². The molecular weight excluding hydrogens is 234 g/mol. The molecule has 0 bridgehead atoms. The molecule has 1 rings (SSSR count). The Labute approximate surface area is 119 Å². The third kappa shape index (κ3) is 8.22. The maximum Gasteiger partial charge on any atom is 0.0639 e. The van der Waals surface area contributed by atoms with Crippen molar-refractivity contribution in [3.05, 3.63) is 23.3 Å². The molecule has 110 valence electrons. The molecule has 1 fully saturated rings. The van der Waals surface area contributed by atoms with E-state index in [0.29, 0.717) is 0 Å². The average Bonchev–Trinajstić information content (AvgIpc) is 2.44. The molecule has 0 heterocycles. The Balaban J connectivity index is 2.07. The van der Waals surface area contributed by atoms with Crippen LogP contribution < -0.4 is 5.32 Å². The molecule has 0 amide bonds. The summed E-state index contributed by atoms with van der Waals surface area (Å²) < 4.78 is 0. The Morgan fingerprint density at radius 3 is 2.42 bits per heavy atom. The average molecular weight is 265 g/mol. The van der Waals surface area contributed by atoms with Crippen LogP contribution in [0.3, 0.4) is 0 Å². The summed E-state index contributed by atoms with van der Waals surface area (Å²) >= 11 is 0. The Hall–Kier alpha value is -0.600. The first-order valence-corrected chi connectivity index (χ1v) is 7.88. The SMILES string of the molecule is C/C(=C\CC/C(C)=C/CCNC1CCCCC1)CO. The van der Waals surface area contributed by atoms with Crippen molar-refractivity contribution in [3.8, 4) is 0 Å². The van der Waals surface area contributed by atoms with Gasteiger partial charge in [0.1, 0.15) is 0 Å². The fourth-order valence-corrected chi connectivity index (χ4v) is 2.63. The lowest BCUT2D eigenvalue weighted by molar-refractivity contribution is 0.331. The number of hydrogen-bond acceptors (Lipinski definition) is 2. The van der Waals surface area contributed by atoms with Crippen LogP contribution in [0.4, 0.5) is 0 Å². The lowest BCUT2D eigenvalue weighted by atomic mass is 9.95. The van der Waals surface area contributed by atoms with Crippen LogP contribution in [0.25, 0.3) is 0 Å². The third-order valence-electron chi connectivity index (χ3n) is 3.96. The summed E-state index contributed by atoms with van der Waals surface area (Å²) in [6.07, 6.45) is 14.8. The maximum absolute atomic E-state index is 8.91. The quantitative estimate of drug-likeness (QED) is 0.514. The van der Waals surface area contributed by atoms with Crippen LogP contribution in [-0.4, -0.2) is 24.3 Å². The number of hydrogen-bond donors (Lipinski definition) is 2. The summed E-state index contributed by atoms with van der Waals surface area (Å²) in [6.45, 7) is 5.50. The zero-order chi connectivity index (χ0) is 13.9. The first-order valence-electron chi connectivity index (χ1n) is 7.88. The van der Waals surface area contributed by atoms with Crippen molar-refractivity contribution in [1.29, 1.82) is 0 Å². The molecule has 2 heteroatoms. The van der Waals surface area contributed by atoms with Gasteiger partial charge in [-0.05, 0) is 52.5 Å². The summed E-state index contributed by atoms with van der Waals surface area (Å²) in [5, 5.41) is 12.6. The molecule has 1 aliphatic rings. The minimum atomic E-state index is 0.189. The highest BCUT2D eigenvalue weighted by atomic mass is 16.3. The standard InChI is InChI=1S/C17H31NO/c1-15(8-6-9-16(2)14-19)10-7-13-18-17-11-4-3-5-12-17/h9-10,17-19H,3-8,11-14H2,1-2H3/b15-10+,16-9+. The minimum Gasteiger partial charge on any atom is -0.392 e. The van der Waals surface area contributed by atoms with Gasteiger partial charge < -0.3 is 10.4 Å². The molecule has 0 aromatic heterocycles. The molecule has 1 saturated carbocycles. The van der Waals surface area contributed by atoms with Gasteiger partial charge in [0.2, 0.25) is 0 Å². The summed E-state index contributed by atoms with van der Waals surface area (Å²) in [7, 11) is 0. The van der Waals surface area contributed by atoms with Gasteiger partial charge in [0.05, 0.1) is 6.61 Å². The second-order valence-corrected chi connectivity index (χ2v) is 5.88. The molecule has 2 N–H and O–H groups in total. The fourth-order valence-electron chi connectivity index (χ4n) is 2.63. The molecule has 0 unspecified atom stereocenters. The molecule has 1 aliphatic carbocycles. The Kier molecular flexibility index (Phi) is 8.85. The Bertz CT molecular complexity index is 288. The van der Waals surface area contributed by atoms with E-state index >= 15 is 0 Å². The van der Waals surface area contributed by atoms with Gasteiger partial charge in [0.15, 0.2) is 0 Å². The lowest BCUT2D eigenvalue weighted by Gasteiger charge is -2.22. The molecule has 19 heavy (non-hydrogen) atoms. The van der Waals surface area contributed by atoms with Gasteiger partial charge in [-0.1, -0.05) is 42.6 Å². The van der Waals surface area contributed by atoms with E-state index < -0.39 is 0 Å². The van der Waals surface area contributed by atoms with Gasteiger partial charge in [-0.3, -0.25) is 0 Å². The van der Waals surface area contributed by atoms with Gasteiger partial charge in [-0.2, -0.15) is 0 Å². The monoisotopic (exact) mass is 265 g/mol. The van der Waals surface area contributed by atoms with Crippen LogP contribution in [0.2, 0.25) is 0 Å². The second kappa shape index (κ2) is 10.2. The maximum atomic E-state index is 8.91. The fraction of sp³-hybridized carbons (Fsp3) is 0.765. The largest absolute Gasteiger partial charge is 0.392 e. The number of aliphatic hydroxyl groups is 1. The summed E-state index contributed by atoms with van der Waals surface area (Å²) in [6, 6.07) is 0.776. The second-order valence-electron chi connectivity index (χ2n) is 5.88. The van der Waals surface area contributed by atoms with Crippen LogP contribution in [0.15, 0.2) is 23.3 Å². The smallest absolute Gasteiger partial charge is 0.0639 e. The van der Waals surface area contributed by atoms with Gasteiger partial charge in [0.25, 0.3) is 0 Å². The van der Waals surface area contributed by atoms with Crippen molar-refractivity contribution in [2.75, 3.05) is 13.2 Å². The van der Waals surface area contributed by atoms with Gasteiger partial charge in [-0.25, -0.2) is 0 Å². The molecular formula is C17H31NO. The number of rotatable bonds is 8. The molecule has 0 atom stereocenters. The highest BCUT2D eigenvalue weighted by Crippen LogP contribution is 2.17. The number of allylic oxidation sites excluding steroid dienone is 2. The predicted molar refractivity (Wildman–Crippen MR) is 83.3 cm³/mol. The molecule has 0 aromatic carbocycles. The zero-order valence-electron chi connectivity index (χ0n) is 12.8. The topological polar surface area (TPSA) is 32.3 Å². The molecule has 0 saturated heterocycles. The van der Waals surface area contributed by atoms with E-state index in [0.717, 1.165) is 37.4 Å². The van der Waals surface area contributed by atoms with Crippen molar-refractivity contribution >= 4 is 0 Å². The van der Waals surface area contributed by atoms with Crippen LogP contribution in [0.1, 0.15) is 65.2 Å². The summed E-state index contributed by atoms with van der Waals surface area (Å²) in [5.74, 6) is 0. The molecule has 0 aromatic rings. The normalized spacial score (nSPS) is 18.9. The van der Waals surface area contributed by atoms with E-state index in [9.17, 15) is 0 Å².